The van der Waals surface area contributed by atoms with Crippen molar-refractivity contribution in [3.63, 3.8) is 0 Å². The van der Waals surface area contributed by atoms with E-state index in [1.54, 1.807) is 13.2 Å². The number of hydrogen-bond donors (Lipinski definition) is 1. The number of nitrogens with zero attached hydrogens (tertiary/aromatic N) is 3. The molecule has 0 saturated carbocycles. The van der Waals surface area contributed by atoms with Gasteiger partial charge in [0.05, 0.1) is 18.2 Å². The average molecular weight is 384 g/mol. The summed E-state index contributed by atoms with van der Waals surface area (Å²) in [6, 6.07) is 3.88. The van der Waals surface area contributed by atoms with Gasteiger partial charge in [0.15, 0.2) is 0 Å². The summed E-state index contributed by atoms with van der Waals surface area (Å²) in [5.41, 5.74) is 0.476. The van der Waals surface area contributed by atoms with Gasteiger partial charge in [-0.15, -0.1) is 5.10 Å². The van der Waals surface area contributed by atoms with Gasteiger partial charge in [0.1, 0.15) is 6.04 Å². The fourth-order valence-electron chi connectivity index (χ4n) is 2.75. The minimum Gasteiger partial charge on any atom is -0.466 e. The second-order valence-electron chi connectivity index (χ2n) is 5.54. The Hall–Kier alpha value is -2.49. The van der Waals surface area contributed by atoms with Gasteiger partial charge in [-0.05, 0) is 30.9 Å². The third kappa shape index (κ3) is 3.16. The molecule has 1 aliphatic rings. The van der Waals surface area contributed by atoms with Gasteiger partial charge in [-0.3, -0.25) is 0 Å². The molecule has 6 nitrogen and oxygen atoms in total. The van der Waals surface area contributed by atoms with Crippen molar-refractivity contribution in [3.05, 3.63) is 46.7 Å². The molecule has 10 heteroatoms. The maximum Gasteiger partial charge on any atom is 0.416 e. The SMILES string of the molecule is COC(=O)C1=C(C)Nc2nc(SC)nn2C1c1ccc(C(F)(F)F)cc1. The van der Waals surface area contributed by atoms with Crippen molar-refractivity contribution in [1.29, 1.82) is 0 Å². The Labute approximate surface area is 151 Å². The first-order valence-electron chi connectivity index (χ1n) is 7.50. The van der Waals surface area contributed by atoms with Crippen molar-refractivity contribution in [3.8, 4) is 0 Å². The molecule has 0 spiro atoms. The van der Waals surface area contributed by atoms with Crippen LogP contribution in [-0.4, -0.2) is 34.1 Å². The highest BCUT2D eigenvalue weighted by molar-refractivity contribution is 7.98. The molecule has 1 unspecified atom stereocenters. The Kier molecular flexibility index (Phi) is 4.70. The van der Waals surface area contributed by atoms with Crippen LogP contribution in [0.5, 0.6) is 0 Å². The highest BCUT2D eigenvalue weighted by Crippen LogP contribution is 2.37. The number of hydrogen-bond acceptors (Lipinski definition) is 6. The smallest absolute Gasteiger partial charge is 0.416 e. The number of anilines is 1. The van der Waals surface area contributed by atoms with E-state index in [9.17, 15) is 18.0 Å². The van der Waals surface area contributed by atoms with E-state index in [1.165, 1.54) is 35.7 Å². The summed E-state index contributed by atoms with van der Waals surface area (Å²) >= 11 is 1.32. The Balaban J connectivity index is 2.14. The zero-order valence-electron chi connectivity index (χ0n) is 14.1. The van der Waals surface area contributed by atoms with Crippen LogP contribution < -0.4 is 5.32 Å². The van der Waals surface area contributed by atoms with E-state index in [-0.39, 0.29) is 5.57 Å². The molecule has 138 valence electrons. The predicted octanol–water partition coefficient (Wildman–Crippen LogP) is 3.48. The lowest BCUT2D eigenvalue weighted by molar-refractivity contribution is -0.138. The van der Waals surface area contributed by atoms with Crippen LogP contribution in [0.2, 0.25) is 0 Å². The fraction of sp³-hybridized carbons (Fsp3) is 0.312. The van der Waals surface area contributed by atoms with Crippen LogP contribution in [0.3, 0.4) is 0 Å². The standard InChI is InChI=1S/C16H15F3N4O2S/c1-8-11(13(24)25-2)12(23-14(20-8)21-15(22-23)26-3)9-4-6-10(7-5-9)16(17,18)19/h4-7,12H,1-3H3,(H,20,21,22). The number of esters is 1. The molecular weight excluding hydrogens is 369 g/mol. The summed E-state index contributed by atoms with van der Waals surface area (Å²) in [7, 11) is 1.25. The molecule has 1 atom stereocenters. The molecule has 0 fully saturated rings. The summed E-state index contributed by atoms with van der Waals surface area (Å²) in [6.45, 7) is 1.68. The van der Waals surface area contributed by atoms with Gasteiger partial charge in [0, 0.05) is 5.70 Å². The topological polar surface area (TPSA) is 69.0 Å². The molecule has 1 aromatic carbocycles. The summed E-state index contributed by atoms with van der Waals surface area (Å²) in [6.07, 6.45) is -2.63. The van der Waals surface area contributed by atoms with E-state index in [1.807, 2.05) is 0 Å². The number of benzene rings is 1. The molecule has 0 amide bonds. The summed E-state index contributed by atoms with van der Waals surface area (Å²) in [5.74, 6) is -0.184. The third-order valence-electron chi connectivity index (χ3n) is 3.97. The molecular formula is C16H15F3N4O2S. The van der Waals surface area contributed by atoms with E-state index in [0.717, 1.165) is 12.1 Å². The lowest BCUT2D eigenvalue weighted by Gasteiger charge is -2.28. The minimum atomic E-state index is -4.44. The van der Waals surface area contributed by atoms with E-state index >= 15 is 0 Å². The monoisotopic (exact) mass is 384 g/mol. The zero-order chi connectivity index (χ0) is 19.1. The zero-order valence-corrected chi connectivity index (χ0v) is 14.9. The van der Waals surface area contributed by atoms with Crippen LogP contribution in [0.1, 0.15) is 24.1 Å². The second-order valence-corrected chi connectivity index (χ2v) is 6.32. The highest BCUT2D eigenvalue weighted by atomic mass is 32.2. The normalized spacial score (nSPS) is 16.9. The third-order valence-corrected chi connectivity index (χ3v) is 4.51. The van der Waals surface area contributed by atoms with Crippen LogP contribution in [0.4, 0.5) is 19.1 Å². The van der Waals surface area contributed by atoms with Gasteiger partial charge < -0.3 is 10.1 Å². The van der Waals surface area contributed by atoms with Crippen molar-refractivity contribution >= 4 is 23.7 Å². The van der Waals surface area contributed by atoms with Crippen molar-refractivity contribution < 1.29 is 22.7 Å². The maximum absolute atomic E-state index is 12.8. The van der Waals surface area contributed by atoms with E-state index in [0.29, 0.717) is 22.4 Å². The van der Waals surface area contributed by atoms with E-state index in [4.69, 9.17) is 4.74 Å². The average Bonchev–Trinajstić information content (AvgIpc) is 3.01. The fourth-order valence-corrected chi connectivity index (χ4v) is 3.10. The van der Waals surface area contributed by atoms with Crippen LogP contribution in [0, 0.1) is 0 Å². The molecule has 1 aromatic heterocycles. The molecule has 2 aromatic rings. The second kappa shape index (κ2) is 6.67. The number of halogens is 3. The number of rotatable bonds is 3. The molecule has 3 rings (SSSR count). The van der Waals surface area contributed by atoms with Crippen LogP contribution in [0.15, 0.2) is 40.7 Å². The summed E-state index contributed by atoms with van der Waals surface area (Å²) in [4.78, 5) is 16.6. The first-order chi connectivity index (χ1) is 12.3. The lowest BCUT2D eigenvalue weighted by Crippen LogP contribution is -2.29. The largest absolute Gasteiger partial charge is 0.466 e. The number of allylic oxidation sites excluding steroid dienone is 1. The molecule has 26 heavy (non-hydrogen) atoms. The first-order valence-corrected chi connectivity index (χ1v) is 8.72. The molecule has 0 aliphatic carbocycles. The van der Waals surface area contributed by atoms with Gasteiger partial charge in [0.25, 0.3) is 0 Å². The number of fused-ring (bicyclic) bond motifs is 1. The van der Waals surface area contributed by atoms with Gasteiger partial charge >= 0.3 is 12.1 Å². The van der Waals surface area contributed by atoms with Crippen molar-refractivity contribution in [1.82, 2.24) is 14.8 Å². The lowest BCUT2D eigenvalue weighted by atomic mass is 9.95. The van der Waals surface area contributed by atoms with Crippen LogP contribution in [-0.2, 0) is 15.7 Å². The molecule has 1 N–H and O–H groups in total. The molecule has 2 heterocycles. The number of carbonyl (C=O) groups is 1. The van der Waals surface area contributed by atoms with Crippen LogP contribution >= 0.6 is 11.8 Å². The Morgan fingerprint density at radius 1 is 1.31 bits per heavy atom. The van der Waals surface area contributed by atoms with E-state index < -0.39 is 23.8 Å². The number of methoxy groups -OCH3 is 1. The number of nitrogens with one attached hydrogen (secondary N) is 1. The predicted molar refractivity (Wildman–Crippen MR) is 89.7 cm³/mol. The molecule has 1 aliphatic heterocycles. The molecule has 0 saturated heterocycles. The summed E-state index contributed by atoms with van der Waals surface area (Å²) < 4.78 is 44.9. The maximum atomic E-state index is 12.8. The quantitative estimate of drug-likeness (QED) is 0.646. The number of thioether (sulfide) groups is 1. The Morgan fingerprint density at radius 3 is 2.50 bits per heavy atom. The first kappa shape index (κ1) is 18.3. The Morgan fingerprint density at radius 2 is 1.96 bits per heavy atom. The Bertz CT molecular complexity index is 875. The molecule has 0 bridgehead atoms. The van der Waals surface area contributed by atoms with Gasteiger partial charge in [-0.2, -0.15) is 18.2 Å². The minimum absolute atomic E-state index is 0.261. The molecule has 0 radical (unpaired) electrons. The van der Waals surface area contributed by atoms with Crippen molar-refractivity contribution in [2.24, 2.45) is 0 Å². The van der Waals surface area contributed by atoms with Crippen molar-refractivity contribution in [2.45, 2.75) is 24.3 Å². The van der Waals surface area contributed by atoms with Crippen LogP contribution in [0.25, 0.3) is 0 Å². The highest BCUT2D eigenvalue weighted by Gasteiger charge is 2.36. The van der Waals surface area contributed by atoms with E-state index in [2.05, 4.69) is 15.4 Å². The number of ether oxygens (including phenoxy) is 1. The van der Waals surface area contributed by atoms with Gasteiger partial charge in [-0.25, -0.2) is 9.48 Å². The number of aromatic nitrogens is 3. The van der Waals surface area contributed by atoms with Gasteiger partial charge in [0.2, 0.25) is 11.1 Å². The number of alkyl halides is 3. The summed E-state index contributed by atoms with van der Waals surface area (Å²) in [5, 5.41) is 7.81. The number of carbonyl (C=O) groups excluding carboxylic acids is 1. The van der Waals surface area contributed by atoms with Crippen molar-refractivity contribution in [2.75, 3.05) is 18.7 Å². The van der Waals surface area contributed by atoms with Gasteiger partial charge in [-0.1, -0.05) is 23.9 Å².